The molecule has 2 fully saturated rings. The van der Waals surface area contributed by atoms with E-state index in [9.17, 15) is 9.59 Å². The molecule has 2 rings (SSSR count). The van der Waals surface area contributed by atoms with Crippen LogP contribution in [-0.2, 0) is 4.79 Å². The SMILES string of the molecule is CN(C(=O)N1CCC[C@H](C(=O)O)C1)C1CCC(C)(C)CC1. The first-order valence-corrected chi connectivity index (χ1v) is 8.05. The Balaban J connectivity index is 1.91. The van der Waals surface area contributed by atoms with E-state index in [1.54, 1.807) is 4.90 Å². The Morgan fingerprint density at radius 1 is 1.19 bits per heavy atom. The van der Waals surface area contributed by atoms with Gasteiger partial charge < -0.3 is 14.9 Å². The summed E-state index contributed by atoms with van der Waals surface area (Å²) in [4.78, 5) is 27.3. The van der Waals surface area contributed by atoms with Crippen molar-refractivity contribution in [2.24, 2.45) is 11.3 Å². The van der Waals surface area contributed by atoms with E-state index in [0.29, 0.717) is 31.0 Å². The van der Waals surface area contributed by atoms with Crippen LogP contribution in [0, 0.1) is 11.3 Å². The van der Waals surface area contributed by atoms with Crippen LogP contribution in [0.4, 0.5) is 4.79 Å². The molecule has 21 heavy (non-hydrogen) atoms. The number of hydrogen-bond donors (Lipinski definition) is 1. The first-order valence-electron chi connectivity index (χ1n) is 8.05. The molecule has 0 spiro atoms. The summed E-state index contributed by atoms with van der Waals surface area (Å²) in [6.45, 7) is 5.61. The maximum absolute atomic E-state index is 12.6. The Hall–Kier alpha value is -1.26. The molecule has 1 aliphatic heterocycles. The van der Waals surface area contributed by atoms with Crippen molar-refractivity contribution >= 4 is 12.0 Å². The number of carboxylic acids is 1. The van der Waals surface area contributed by atoms with Crippen LogP contribution in [0.15, 0.2) is 0 Å². The Morgan fingerprint density at radius 2 is 1.81 bits per heavy atom. The van der Waals surface area contributed by atoms with Crippen molar-refractivity contribution in [3.05, 3.63) is 0 Å². The van der Waals surface area contributed by atoms with Crippen molar-refractivity contribution < 1.29 is 14.7 Å². The van der Waals surface area contributed by atoms with Gasteiger partial charge in [0.2, 0.25) is 0 Å². The van der Waals surface area contributed by atoms with Crippen LogP contribution >= 0.6 is 0 Å². The molecular formula is C16H28N2O3. The molecule has 5 nitrogen and oxygen atoms in total. The van der Waals surface area contributed by atoms with Crippen molar-refractivity contribution in [2.75, 3.05) is 20.1 Å². The van der Waals surface area contributed by atoms with Gasteiger partial charge in [0.1, 0.15) is 0 Å². The summed E-state index contributed by atoms with van der Waals surface area (Å²) in [6, 6.07) is 0.307. The summed E-state index contributed by atoms with van der Waals surface area (Å²) in [6.07, 6.45) is 5.85. The van der Waals surface area contributed by atoms with Gasteiger partial charge in [-0.1, -0.05) is 13.8 Å². The molecule has 0 unspecified atom stereocenters. The zero-order chi connectivity index (χ0) is 15.6. The number of aliphatic carboxylic acids is 1. The van der Waals surface area contributed by atoms with Crippen LogP contribution in [0.2, 0.25) is 0 Å². The van der Waals surface area contributed by atoms with Crippen LogP contribution in [0.25, 0.3) is 0 Å². The van der Waals surface area contributed by atoms with Crippen LogP contribution in [0.3, 0.4) is 0 Å². The molecule has 0 aromatic carbocycles. The van der Waals surface area contributed by atoms with Crippen LogP contribution in [-0.4, -0.2) is 53.1 Å². The summed E-state index contributed by atoms with van der Waals surface area (Å²) >= 11 is 0. The first kappa shape index (κ1) is 16.1. The zero-order valence-corrected chi connectivity index (χ0v) is 13.5. The van der Waals surface area contributed by atoms with Gasteiger partial charge in [0.15, 0.2) is 0 Å². The summed E-state index contributed by atoms with van der Waals surface area (Å²) < 4.78 is 0. The molecule has 1 saturated heterocycles. The molecular weight excluding hydrogens is 268 g/mol. The minimum atomic E-state index is -0.783. The Labute approximate surface area is 127 Å². The molecule has 0 aromatic rings. The van der Waals surface area contributed by atoms with Crippen molar-refractivity contribution in [3.63, 3.8) is 0 Å². The van der Waals surface area contributed by atoms with Gasteiger partial charge in [0, 0.05) is 26.2 Å². The number of amides is 2. The maximum atomic E-state index is 12.6. The minimum absolute atomic E-state index is 0.00524. The number of rotatable bonds is 2. The summed E-state index contributed by atoms with van der Waals surface area (Å²) in [5.74, 6) is -1.18. The van der Waals surface area contributed by atoms with Gasteiger partial charge in [-0.3, -0.25) is 4.79 Å². The average Bonchev–Trinajstić information content (AvgIpc) is 2.46. The summed E-state index contributed by atoms with van der Waals surface area (Å²) in [7, 11) is 1.87. The molecule has 2 aliphatic rings. The van der Waals surface area contributed by atoms with Gasteiger partial charge in [-0.2, -0.15) is 0 Å². The molecule has 1 aliphatic carbocycles. The second-order valence-electron chi connectivity index (χ2n) is 7.41. The third-order valence-corrected chi connectivity index (χ3v) is 5.20. The quantitative estimate of drug-likeness (QED) is 0.852. The highest BCUT2D eigenvalue weighted by Crippen LogP contribution is 2.36. The van der Waals surface area contributed by atoms with Gasteiger partial charge in [-0.15, -0.1) is 0 Å². The number of carbonyl (C=O) groups excluding carboxylic acids is 1. The lowest BCUT2D eigenvalue weighted by molar-refractivity contribution is -0.143. The molecule has 0 bridgehead atoms. The minimum Gasteiger partial charge on any atom is -0.481 e. The Bertz CT molecular complexity index is 398. The first-order chi connectivity index (χ1) is 9.80. The predicted molar refractivity (Wildman–Crippen MR) is 81.1 cm³/mol. The topological polar surface area (TPSA) is 60.9 Å². The molecule has 120 valence electrons. The lowest BCUT2D eigenvalue weighted by atomic mass is 9.75. The van der Waals surface area contributed by atoms with Crippen LogP contribution in [0.5, 0.6) is 0 Å². The fraction of sp³-hybridized carbons (Fsp3) is 0.875. The molecule has 1 heterocycles. The van der Waals surface area contributed by atoms with Gasteiger partial charge in [-0.05, 0) is 43.9 Å². The predicted octanol–water partition coefficient (Wildman–Crippen LogP) is 2.80. The number of piperidine rings is 1. The fourth-order valence-corrected chi connectivity index (χ4v) is 3.50. The van der Waals surface area contributed by atoms with Gasteiger partial charge in [0.25, 0.3) is 0 Å². The monoisotopic (exact) mass is 296 g/mol. The molecule has 1 saturated carbocycles. The largest absolute Gasteiger partial charge is 0.481 e. The highest BCUT2D eigenvalue weighted by molar-refractivity contribution is 5.76. The number of urea groups is 1. The lowest BCUT2D eigenvalue weighted by Crippen LogP contribution is -2.51. The van der Waals surface area contributed by atoms with E-state index >= 15 is 0 Å². The smallest absolute Gasteiger partial charge is 0.320 e. The molecule has 1 N–H and O–H groups in total. The van der Waals surface area contributed by atoms with E-state index in [2.05, 4.69) is 13.8 Å². The number of carboxylic acid groups (broad SMARTS) is 1. The molecule has 5 heteroatoms. The molecule has 0 radical (unpaired) electrons. The number of carbonyl (C=O) groups is 2. The molecule has 1 atom stereocenters. The van der Waals surface area contributed by atoms with Crippen molar-refractivity contribution in [1.82, 2.24) is 9.80 Å². The van der Waals surface area contributed by atoms with Crippen molar-refractivity contribution in [1.29, 1.82) is 0 Å². The normalized spacial score (nSPS) is 26.4. The van der Waals surface area contributed by atoms with Gasteiger partial charge >= 0.3 is 12.0 Å². The zero-order valence-electron chi connectivity index (χ0n) is 13.5. The van der Waals surface area contributed by atoms with Crippen molar-refractivity contribution in [2.45, 2.75) is 58.4 Å². The van der Waals surface area contributed by atoms with E-state index in [0.717, 1.165) is 32.1 Å². The van der Waals surface area contributed by atoms with E-state index < -0.39 is 11.9 Å². The van der Waals surface area contributed by atoms with Crippen molar-refractivity contribution in [3.8, 4) is 0 Å². The molecule has 2 amide bonds. The third-order valence-electron chi connectivity index (χ3n) is 5.20. The van der Waals surface area contributed by atoms with Gasteiger partial charge in [0.05, 0.1) is 5.92 Å². The third kappa shape index (κ3) is 3.89. The molecule has 0 aromatic heterocycles. The van der Waals surface area contributed by atoms with E-state index in [1.165, 1.54) is 0 Å². The number of hydrogen-bond acceptors (Lipinski definition) is 2. The number of nitrogens with zero attached hydrogens (tertiary/aromatic N) is 2. The van der Waals surface area contributed by atoms with Crippen LogP contribution < -0.4 is 0 Å². The van der Waals surface area contributed by atoms with E-state index in [4.69, 9.17) is 5.11 Å². The Kier molecular flexibility index (Phi) is 4.79. The second-order valence-corrected chi connectivity index (χ2v) is 7.41. The highest BCUT2D eigenvalue weighted by atomic mass is 16.4. The second kappa shape index (κ2) is 6.24. The lowest BCUT2D eigenvalue weighted by Gasteiger charge is -2.41. The summed E-state index contributed by atoms with van der Waals surface area (Å²) in [5, 5.41) is 9.13. The highest BCUT2D eigenvalue weighted by Gasteiger charge is 2.34. The summed E-state index contributed by atoms with van der Waals surface area (Å²) in [5.41, 5.74) is 0.389. The Morgan fingerprint density at radius 3 is 2.38 bits per heavy atom. The van der Waals surface area contributed by atoms with Gasteiger partial charge in [-0.25, -0.2) is 4.79 Å². The maximum Gasteiger partial charge on any atom is 0.320 e. The average molecular weight is 296 g/mol. The standard InChI is InChI=1S/C16H28N2O3/c1-16(2)8-6-13(7-9-16)17(3)15(21)18-10-4-5-12(11-18)14(19)20/h12-13H,4-11H2,1-3H3,(H,19,20)/t12-/m0/s1. The van der Waals surface area contributed by atoms with E-state index in [1.807, 2.05) is 11.9 Å². The fourth-order valence-electron chi connectivity index (χ4n) is 3.50. The van der Waals surface area contributed by atoms with E-state index in [-0.39, 0.29) is 6.03 Å². The number of likely N-dealkylation sites (tertiary alicyclic amines) is 1. The van der Waals surface area contributed by atoms with Crippen LogP contribution in [0.1, 0.15) is 52.4 Å².